The van der Waals surface area contributed by atoms with E-state index in [0.29, 0.717) is 35.9 Å². The Morgan fingerprint density at radius 3 is 2.57 bits per heavy atom. The van der Waals surface area contributed by atoms with Crippen LogP contribution in [0.25, 0.3) is 11.0 Å². The van der Waals surface area contributed by atoms with Gasteiger partial charge in [-0.1, -0.05) is 42.5 Å². The minimum atomic E-state index is -2.58. The van der Waals surface area contributed by atoms with Crippen molar-refractivity contribution < 1.29 is 13.6 Å². The van der Waals surface area contributed by atoms with E-state index in [1.807, 2.05) is 41.3 Å². The molecule has 1 fully saturated rings. The third-order valence-electron chi connectivity index (χ3n) is 5.30. The minimum absolute atomic E-state index is 0.0221. The molecular weight excluding hydrogens is 406 g/mol. The normalized spacial score (nSPS) is 15.6. The summed E-state index contributed by atoms with van der Waals surface area (Å²) < 4.78 is 27.6. The Kier molecular flexibility index (Phi) is 6.64. The van der Waals surface area contributed by atoms with E-state index in [-0.39, 0.29) is 17.6 Å². The number of carbonyl (C=O) groups is 1. The fourth-order valence-electron chi connectivity index (χ4n) is 3.83. The third kappa shape index (κ3) is 4.99. The lowest BCUT2D eigenvalue weighted by Gasteiger charge is -2.22. The van der Waals surface area contributed by atoms with E-state index in [2.05, 4.69) is 22.0 Å². The first-order valence-electron chi connectivity index (χ1n) is 10.0. The number of hydrogen-bond donors (Lipinski definition) is 0. The Labute approximate surface area is 178 Å². The van der Waals surface area contributed by atoms with Crippen LogP contribution in [0.2, 0.25) is 0 Å². The highest BCUT2D eigenvalue weighted by molar-refractivity contribution is 7.99. The molecule has 30 heavy (non-hydrogen) atoms. The summed E-state index contributed by atoms with van der Waals surface area (Å²) in [5.41, 5.74) is 2.59. The van der Waals surface area contributed by atoms with Crippen LogP contribution < -0.4 is 0 Å². The minimum Gasteiger partial charge on any atom is -0.340 e. The molecule has 0 atom stereocenters. The SMILES string of the molecule is O=C(Cn1c(SC(F)F)nc2ccccc21)N1CCCN(Cc2ccccc2)CC1. The third-order valence-corrected chi connectivity index (χ3v) is 6.00. The second kappa shape index (κ2) is 9.57. The van der Waals surface area contributed by atoms with Crippen molar-refractivity contribution >= 4 is 28.7 Å². The van der Waals surface area contributed by atoms with Gasteiger partial charge >= 0.3 is 0 Å². The quantitative estimate of drug-likeness (QED) is 0.553. The molecule has 2 heterocycles. The predicted octanol–water partition coefficient (Wildman–Crippen LogP) is 4.09. The van der Waals surface area contributed by atoms with Gasteiger partial charge in [-0.3, -0.25) is 9.69 Å². The molecule has 0 N–H and O–H groups in total. The molecule has 5 nitrogen and oxygen atoms in total. The summed E-state index contributed by atoms with van der Waals surface area (Å²) in [6.07, 6.45) is 0.891. The Bertz CT molecular complexity index is 995. The number of amides is 1. The lowest BCUT2D eigenvalue weighted by molar-refractivity contribution is -0.131. The molecule has 0 aliphatic carbocycles. The molecule has 158 valence electrons. The number of hydrogen-bond acceptors (Lipinski definition) is 4. The maximum Gasteiger partial charge on any atom is 0.291 e. The average Bonchev–Trinajstić information content (AvgIpc) is 2.91. The van der Waals surface area contributed by atoms with E-state index in [1.54, 1.807) is 10.6 Å². The van der Waals surface area contributed by atoms with Crippen LogP contribution >= 0.6 is 11.8 Å². The zero-order chi connectivity index (χ0) is 20.9. The second-order valence-corrected chi connectivity index (χ2v) is 8.30. The van der Waals surface area contributed by atoms with Crippen LogP contribution in [-0.2, 0) is 17.9 Å². The Morgan fingerprint density at radius 1 is 1.00 bits per heavy atom. The number of halogens is 2. The molecule has 8 heteroatoms. The molecule has 3 aromatic rings. The van der Waals surface area contributed by atoms with Crippen molar-refractivity contribution in [3.05, 3.63) is 60.2 Å². The number of imidazole rings is 1. The van der Waals surface area contributed by atoms with E-state index in [4.69, 9.17) is 0 Å². The summed E-state index contributed by atoms with van der Waals surface area (Å²) in [5, 5.41) is 0.181. The molecule has 2 aromatic carbocycles. The average molecular weight is 431 g/mol. The standard InChI is InChI=1S/C22H24F2N4OS/c23-21(24)30-22-25-18-9-4-5-10-19(18)28(22)16-20(29)27-12-6-11-26(13-14-27)15-17-7-2-1-3-8-17/h1-5,7-10,21H,6,11-16H2. The number of para-hydroxylation sites is 2. The maximum absolute atomic E-state index is 13.0. The summed E-state index contributed by atoms with van der Waals surface area (Å²) >= 11 is 0.385. The van der Waals surface area contributed by atoms with Crippen molar-refractivity contribution in [1.29, 1.82) is 0 Å². The van der Waals surface area contributed by atoms with Crippen molar-refractivity contribution in [2.24, 2.45) is 0 Å². The van der Waals surface area contributed by atoms with Crippen LogP contribution in [0.1, 0.15) is 12.0 Å². The number of thioether (sulfide) groups is 1. The molecule has 4 rings (SSSR count). The summed E-state index contributed by atoms with van der Waals surface area (Å²) in [6, 6.07) is 17.5. The number of fused-ring (bicyclic) bond motifs is 1. The number of carbonyl (C=O) groups excluding carboxylic acids is 1. The van der Waals surface area contributed by atoms with Gasteiger partial charge in [-0.15, -0.1) is 0 Å². The van der Waals surface area contributed by atoms with Crippen LogP contribution in [-0.4, -0.2) is 57.2 Å². The van der Waals surface area contributed by atoms with E-state index < -0.39 is 5.76 Å². The predicted molar refractivity (Wildman–Crippen MR) is 115 cm³/mol. The first-order valence-corrected chi connectivity index (χ1v) is 10.9. The van der Waals surface area contributed by atoms with Crippen molar-refractivity contribution in [3.63, 3.8) is 0 Å². The van der Waals surface area contributed by atoms with Crippen LogP contribution in [0.4, 0.5) is 8.78 Å². The largest absolute Gasteiger partial charge is 0.340 e. The molecule has 1 amide bonds. The number of aromatic nitrogens is 2. The van der Waals surface area contributed by atoms with Crippen molar-refractivity contribution in [2.75, 3.05) is 26.2 Å². The highest BCUT2D eigenvalue weighted by Gasteiger charge is 2.23. The van der Waals surface area contributed by atoms with Gasteiger partial charge in [-0.05, 0) is 35.9 Å². The van der Waals surface area contributed by atoms with Gasteiger partial charge in [0.1, 0.15) is 6.54 Å². The lowest BCUT2D eigenvalue weighted by Crippen LogP contribution is -2.37. The number of benzene rings is 2. The first kappa shape index (κ1) is 20.8. The molecule has 1 saturated heterocycles. The van der Waals surface area contributed by atoms with Gasteiger partial charge in [0.25, 0.3) is 5.76 Å². The molecule has 0 spiro atoms. The number of alkyl halides is 2. The Balaban J connectivity index is 1.44. The summed E-state index contributed by atoms with van der Waals surface area (Å²) in [5.74, 6) is -2.64. The van der Waals surface area contributed by atoms with Crippen LogP contribution in [0.15, 0.2) is 59.8 Å². The monoisotopic (exact) mass is 430 g/mol. The van der Waals surface area contributed by atoms with Gasteiger partial charge < -0.3 is 9.47 Å². The van der Waals surface area contributed by atoms with Crippen molar-refractivity contribution in [3.8, 4) is 0 Å². The van der Waals surface area contributed by atoms with Crippen LogP contribution in [0, 0.1) is 0 Å². The van der Waals surface area contributed by atoms with E-state index in [1.165, 1.54) is 5.56 Å². The number of nitrogens with zero attached hydrogens (tertiary/aromatic N) is 4. The molecule has 0 saturated carbocycles. The van der Waals surface area contributed by atoms with Gasteiger partial charge in [0.05, 0.1) is 11.0 Å². The highest BCUT2D eigenvalue weighted by atomic mass is 32.2. The van der Waals surface area contributed by atoms with Gasteiger partial charge in [0, 0.05) is 32.7 Å². The second-order valence-electron chi connectivity index (χ2n) is 7.34. The highest BCUT2D eigenvalue weighted by Crippen LogP contribution is 2.28. The Morgan fingerprint density at radius 2 is 1.77 bits per heavy atom. The van der Waals surface area contributed by atoms with Gasteiger partial charge in [-0.2, -0.15) is 8.78 Å². The van der Waals surface area contributed by atoms with Gasteiger partial charge in [-0.25, -0.2) is 4.98 Å². The van der Waals surface area contributed by atoms with Gasteiger partial charge in [0.2, 0.25) is 5.91 Å². The fraction of sp³-hybridized carbons (Fsp3) is 0.364. The molecule has 0 unspecified atom stereocenters. The van der Waals surface area contributed by atoms with Crippen LogP contribution in [0.5, 0.6) is 0 Å². The van der Waals surface area contributed by atoms with Crippen molar-refractivity contribution in [2.45, 2.75) is 30.4 Å². The Hall–Kier alpha value is -2.45. The smallest absolute Gasteiger partial charge is 0.291 e. The molecule has 1 aliphatic heterocycles. The van der Waals surface area contributed by atoms with Crippen molar-refractivity contribution in [1.82, 2.24) is 19.4 Å². The topological polar surface area (TPSA) is 41.4 Å². The summed E-state index contributed by atoms with van der Waals surface area (Å²) in [6.45, 7) is 3.92. The lowest BCUT2D eigenvalue weighted by atomic mass is 10.2. The first-order chi connectivity index (χ1) is 14.6. The molecular formula is C22H24F2N4OS. The van der Waals surface area contributed by atoms with Crippen LogP contribution in [0.3, 0.4) is 0 Å². The summed E-state index contributed by atoms with van der Waals surface area (Å²) in [4.78, 5) is 21.5. The van der Waals surface area contributed by atoms with Gasteiger partial charge in [0.15, 0.2) is 5.16 Å². The van der Waals surface area contributed by atoms with E-state index >= 15 is 0 Å². The fourth-order valence-corrected chi connectivity index (χ4v) is 4.43. The molecule has 0 bridgehead atoms. The maximum atomic E-state index is 13.0. The molecule has 1 aromatic heterocycles. The molecule has 0 radical (unpaired) electrons. The summed E-state index contributed by atoms with van der Waals surface area (Å²) in [7, 11) is 0. The zero-order valence-corrected chi connectivity index (χ0v) is 17.4. The van der Waals surface area contributed by atoms with E-state index in [0.717, 1.165) is 26.1 Å². The molecule has 1 aliphatic rings. The number of rotatable bonds is 6. The zero-order valence-electron chi connectivity index (χ0n) is 16.6. The van der Waals surface area contributed by atoms with E-state index in [9.17, 15) is 13.6 Å².